The van der Waals surface area contributed by atoms with Crippen LogP contribution in [0.4, 0.5) is 0 Å². The lowest BCUT2D eigenvalue weighted by Gasteiger charge is -2.70. The molecule has 2 bridgehead atoms. The Kier molecular flexibility index (Phi) is 0.837. The molecule has 0 aliphatic heterocycles. The van der Waals surface area contributed by atoms with E-state index in [1.54, 1.807) is 0 Å². The largest absolute Gasteiger partial charge is 0.396 e. The summed E-state index contributed by atoms with van der Waals surface area (Å²) in [5.74, 6) is 0. The second-order valence-electron chi connectivity index (χ2n) is 3.89. The van der Waals surface area contributed by atoms with Crippen LogP contribution in [0.15, 0.2) is 0 Å². The Balaban J connectivity index is 1.96. The van der Waals surface area contributed by atoms with Crippen LogP contribution in [0.3, 0.4) is 0 Å². The summed E-state index contributed by atoms with van der Waals surface area (Å²) in [6, 6.07) is 0. The molecular formula is C7H13NO. The molecule has 3 aliphatic rings. The quantitative estimate of drug-likeness (QED) is 0.553. The van der Waals surface area contributed by atoms with Crippen molar-refractivity contribution in [3.63, 3.8) is 0 Å². The van der Waals surface area contributed by atoms with Crippen molar-refractivity contribution < 1.29 is 5.11 Å². The summed E-state index contributed by atoms with van der Waals surface area (Å²) in [6.45, 7) is 1.21. The highest BCUT2D eigenvalue weighted by Gasteiger charge is 2.66. The fraction of sp³-hybridized carbons (Fsp3) is 1.00. The molecule has 3 fully saturated rings. The van der Waals surface area contributed by atoms with Crippen LogP contribution in [0.5, 0.6) is 0 Å². The molecular weight excluding hydrogens is 114 g/mol. The Labute approximate surface area is 55.1 Å². The van der Waals surface area contributed by atoms with Crippen molar-refractivity contribution in [2.75, 3.05) is 13.2 Å². The molecule has 2 nitrogen and oxygen atoms in total. The third kappa shape index (κ3) is 0.485. The minimum Gasteiger partial charge on any atom is -0.396 e. The van der Waals surface area contributed by atoms with Crippen LogP contribution in [0, 0.1) is 10.8 Å². The zero-order chi connectivity index (χ0) is 6.54. The van der Waals surface area contributed by atoms with Crippen LogP contribution in [0.2, 0.25) is 0 Å². The third-order valence-corrected chi connectivity index (χ3v) is 3.02. The van der Waals surface area contributed by atoms with E-state index >= 15 is 0 Å². The highest BCUT2D eigenvalue weighted by Crippen LogP contribution is 2.72. The van der Waals surface area contributed by atoms with Crippen LogP contribution in [0.1, 0.15) is 19.3 Å². The number of hydrogen-bond donors (Lipinski definition) is 2. The number of rotatable bonds is 2. The number of nitrogens with two attached hydrogens (primary N) is 1. The normalized spacial score (nSPS) is 54.0. The first-order valence-electron chi connectivity index (χ1n) is 3.55. The fourth-order valence-corrected chi connectivity index (χ4v) is 2.62. The molecule has 0 amide bonds. The molecule has 0 atom stereocenters. The van der Waals surface area contributed by atoms with Crippen LogP contribution in [-0.2, 0) is 0 Å². The van der Waals surface area contributed by atoms with Gasteiger partial charge in [-0.1, -0.05) is 0 Å². The molecule has 0 unspecified atom stereocenters. The van der Waals surface area contributed by atoms with Crippen molar-refractivity contribution in [2.24, 2.45) is 16.6 Å². The van der Waals surface area contributed by atoms with Gasteiger partial charge in [0.05, 0.1) is 0 Å². The molecule has 3 saturated carbocycles. The highest BCUT2D eigenvalue weighted by atomic mass is 16.3. The van der Waals surface area contributed by atoms with E-state index in [1.807, 2.05) is 0 Å². The van der Waals surface area contributed by atoms with E-state index < -0.39 is 0 Å². The van der Waals surface area contributed by atoms with Gasteiger partial charge >= 0.3 is 0 Å². The summed E-state index contributed by atoms with van der Waals surface area (Å²) in [6.07, 6.45) is 3.56. The second-order valence-corrected chi connectivity index (χ2v) is 3.89. The van der Waals surface area contributed by atoms with E-state index in [1.165, 1.54) is 19.3 Å². The fourth-order valence-electron chi connectivity index (χ4n) is 2.62. The summed E-state index contributed by atoms with van der Waals surface area (Å²) in [7, 11) is 0. The van der Waals surface area contributed by atoms with Gasteiger partial charge in [-0.3, -0.25) is 0 Å². The average Bonchev–Trinajstić information content (AvgIpc) is 1.62. The van der Waals surface area contributed by atoms with Crippen molar-refractivity contribution in [3.8, 4) is 0 Å². The van der Waals surface area contributed by atoms with E-state index in [0.717, 1.165) is 6.54 Å². The van der Waals surface area contributed by atoms with Gasteiger partial charge in [0, 0.05) is 6.61 Å². The van der Waals surface area contributed by atoms with Crippen LogP contribution in [0.25, 0.3) is 0 Å². The second kappa shape index (κ2) is 1.32. The molecule has 0 aromatic heterocycles. The van der Waals surface area contributed by atoms with Gasteiger partial charge in [0.25, 0.3) is 0 Å². The minimum atomic E-state index is 0.347. The van der Waals surface area contributed by atoms with Crippen molar-refractivity contribution in [3.05, 3.63) is 0 Å². The molecule has 0 aromatic carbocycles. The van der Waals surface area contributed by atoms with Gasteiger partial charge < -0.3 is 10.8 Å². The summed E-state index contributed by atoms with van der Waals surface area (Å²) < 4.78 is 0. The maximum Gasteiger partial charge on any atom is 0.0488 e. The summed E-state index contributed by atoms with van der Waals surface area (Å²) in [5, 5.41) is 8.85. The molecule has 2 heteroatoms. The number of hydrogen-bond acceptors (Lipinski definition) is 2. The van der Waals surface area contributed by atoms with Crippen LogP contribution >= 0.6 is 0 Å². The molecule has 0 heterocycles. The van der Waals surface area contributed by atoms with Gasteiger partial charge in [-0.15, -0.1) is 0 Å². The third-order valence-electron chi connectivity index (χ3n) is 3.02. The first-order chi connectivity index (χ1) is 4.24. The summed E-state index contributed by atoms with van der Waals surface area (Å²) in [5.41, 5.74) is 6.37. The SMILES string of the molecule is NCC12CC(CO)(C1)C2. The minimum absolute atomic E-state index is 0.347. The lowest BCUT2D eigenvalue weighted by Crippen LogP contribution is -2.66. The number of aliphatic hydroxyl groups excluding tert-OH is 1. The Morgan fingerprint density at radius 1 is 1.22 bits per heavy atom. The van der Waals surface area contributed by atoms with Gasteiger partial charge in [0.1, 0.15) is 0 Å². The van der Waals surface area contributed by atoms with Gasteiger partial charge in [-0.05, 0) is 36.6 Å². The van der Waals surface area contributed by atoms with Gasteiger partial charge in [0.2, 0.25) is 0 Å². The molecule has 0 saturated heterocycles. The molecule has 3 rings (SSSR count). The Morgan fingerprint density at radius 2 is 1.78 bits per heavy atom. The Morgan fingerprint density at radius 3 is 2.11 bits per heavy atom. The predicted octanol–water partition coefficient (Wildman–Crippen LogP) is 0.108. The molecule has 9 heavy (non-hydrogen) atoms. The molecule has 0 spiro atoms. The Bertz CT molecular complexity index is 110. The number of aliphatic hydroxyl groups is 1. The summed E-state index contributed by atoms with van der Waals surface area (Å²) >= 11 is 0. The topological polar surface area (TPSA) is 46.2 Å². The highest BCUT2D eigenvalue weighted by molar-refractivity contribution is 5.17. The van der Waals surface area contributed by atoms with E-state index in [9.17, 15) is 0 Å². The molecule has 0 aromatic rings. The first-order valence-corrected chi connectivity index (χ1v) is 3.55. The molecule has 3 aliphatic carbocycles. The van der Waals surface area contributed by atoms with E-state index in [2.05, 4.69) is 0 Å². The smallest absolute Gasteiger partial charge is 0.0488 e. The van der Waals surface area contributed by atoms with E-state index in [4.69, 9.17) is 10.8 Å². The van der Waals surface area contributed by atoms with Crippen molar-refractivity contribution in [1.29, 1.82) is 0 Å². The molecule has 52 valence electrons. The zero-order valence-electron chi connectivity index (χ0n) is 5.56. The maximum atomic E-state index is 8.85. The van der Waals surface area contributed by atoms with Gasteiger partial charge in [-0.25, -0.2) is 0 Å². The maximum absolute atomic E-state index is 8.85. The standard InChI is InChI=1S/C7H13NO/c8-4-6-1-7(2-6,3-6)5-9/h9H,1-5,8H2. The summed E-state index contributed by atoms with van der Waals surface area (Å²) in [4.78, 5) is 0. The van der Waals surface area contributed by atoms with Crippen molar-refractivity contribution >= 4 is 0 Å². The lowest BCUT2D eigenvalue weighted by molar-refractivity contribution is -0.216. The van der Waals surface area contributed by atoms with E-state index in [-0.39, 0.29) is 0 Å². The van der Waals surface area contributed by atoms with Crippen LogP contribution < -0.4 is 5.73 Å². The zero-order valence-corrected chi connectivity index (χ0v) is 5.56. The molecule has 3 N–H and O–H groups in total. The first kappa shape index (κ1) is 5.69. The van der Waals surface area contributed by atoms with Crippen molar-refractivity contribution in [1.82, 2.24) is 0 Å². The monoisotopic (exact) mass is 127 g/mol. The average molecular weight is 127 g/mol. The van der Waals surface area contributed by atoms with Gasteiger partial charge in [-0.2, -0.15) is 0 Å². The van der Waals surface area contributed by atoms with Crippen molar-refractivity contribution in [2.45, 2.75) is 19.3 Å². The molecule has 0 radical (unpaired) electrons. The van der Waals surface area contributed by atoms with Crippen LogP contribution in [-0.4, -0.2) is 18.3 Å². The predicted molar refractivity (Wildman–Crippen MR) is 34.9 cm³/mol. The van der Waals surface area contributed by atoms with E-state index in [0.29, 0.717) is 17.4 Å². The van der Waals surface area contributed by atoms with Gasteiger partial charge in [0.15, 0.2) is 0 Å². The lowest BCUT2D eigenvalue weighted by atomic mass is 9.35. The Hall–Kier alpha value is -0.0800.